The Balaban J connectivity index is 2.04. The fourth-order valence-corrected chi connectivity index (χ4v) is 2.91. The summed E-state index contributed by atoms with van der Waals surface area (Å²) in [4.78, 5) is 27.2. The third-order valence-electron chi connectivity index (χ3n) is 4.67. The molecule has 1 saturated heterocycles. The molecule has 132 valence electrons. The minimum absolute atomic E-state index is 0.0266. The van der Waals surface area contributed by atoms with Gasteiger partial charge in [-0.3, -0.25) is 9.59 Å². The average molecular weight is 332 g/mol. The van der Waals surface area contributed by atoms with Crippen LogP contribution in [0, 0.1) is 11.8 Å². The van der Waals surface area contributed by atoms with Gasteiger partial charge >= 0.3 is 0 Å². The van der Waals surface area contributed by atoms with Crippen molar-refractivity contribution in [3.63, 3.8) is 0 Å². The minimum Gasteiger partial charge on any atom is -0.497 e. The maximum Gasteiger partial charge on any atom is 0.251 e. The molecule has 0 spiro atoms. The Bertz CT molecular complexity index is 560. The van der Waals surface area contributed by atoms with Crippen molar-refractivity contribution in [2.45, 2.75) is 39.7 Å². The lowest BCUT2D eigenvalue weighted by Gasteiger charge is -2.34. The van der Waals surface area contributed by atoms with Crippen LogP contribution in [0.1, 0.15) is 44.0 Å². The number of methoxy groups -OCH3 is 1. The van der Waals surface area contributed by atoms with Gasteiger partial charge in [0.05, 0.1) is 7.11 Å². The smallest absolute Gasteiger partial charge is 0.251 e. The third kappa shape index (κ3) is 4.49. The van der Waals surface area contributed by atoms with Crippen molar-refractivity contribution in [1.29, 1.82) is 0 Å². The zero-order valence-electron chi connectivity index (χ0n) is 15.0. The summed E-state index contributed by atoms with van der Waals surface area (Å²) in [6.45, 7) is 7.70. The van der Waals surface area contributed by atoms with Crippen molar-refractivity contribution >= 4 is 11.8 Å². The Kier molecular flexibility index (Phi) is 6.23. The fourth-order valence-electron chi connectivity index (χ4n) is 2.91. The number of hydrogen-bond donors (Lipinski definition) is 1. The first kappa shape index (κ1) is 18.3. The van der Waals surface area contributed by atoms with E-state index in [1.807, 2.05) is 18.7 Å². The molecule has 0 aromatic heterocycles. The van der Waals surface area contributed by atoms with E-state index in [0.717, 1.165) is 25.9 Å². The molecule has 5 heteroatoms. The molecule has 1 aromatic carbocycles. The van der Waals surface area contributed by atoms with Crippen LogP contribution in [0.4, 0.5) is 0 Å². The zero-order valence-corrected chi connectivity index (χ0v) is 15.0. The van der Waals surface area contributed by atoms with Crippen molar-refractivity contribution in [2.24, 2.45) is 11.8 Å². The maximum absolute atomic E-state index is 12.8. The minimum atomic E-state index is -0.493. The molecule has 1 N–H and O–H groups in total. The molecule has 2 rings (SSSR count). The quantitative estimate of drug-likeness (QED) is 0.902. The third-order valence-corrected chi connectivity index (χ3v) is 4.67. The SMILES string of the molecule is COc1ccc(C(=O)NC(C(=O)N2CCC(C)CC2)C(C)C)cc1. The second kappa shape index (κ2) is 8.18. The van der Waals surface area contributed by atoms with Crippen molar-refractivity contribution in [1.82, 2.24) is 10.2 Å². The average Bonchev–Trinajstić information content (AvgIpc) is 2.59. The van der Waals surface area contributed by atoms with E-state index in [2.05, 4.69) is 12.2 Å². The first-order valence-electron chi connectivity index (χ1n) is 8.66. The number of amides is 2. The van der Waals surface area contributed by atoms with Crippen LogP contribution in [0.5, 0.6) is 5.75 Å². The molecule has 1 aliphatic rings. The number of piperidine rings is 1. The lowest BCUT2D eigenvalue weighted by Crippen LogP contribution is -2.52. The second-order valence-corrected chi connectivity index (χ2v) is 6.93. The number of carbonyl (C=O) groups is 2. The van der Waals surface area contributed by atoms with E-state index in [0.29, 0.717) is 17.2 Å². The van der Waals surface area contributed by atoms with Gasteiger partial charge in [-0.25, -0.2) is 0 Å². The zero-order chi connectivity index (χ0) is 17.7. The van der Waals surface area contributed by atoms with Gasteiger partial charge in [-0.1, -0.05) is 20.8 Å². The molecule has 0 saturated carbocycles. The van der Waals surface area contributed by atoms with E-state index in [-0.39, 0.29) is 17.7 Å². The fraction of sp³-hybridized carbons (Fsp3) is 0.579. The molecule has 24 heavy (non-hydrogen) atoms. The topological polar surface area (TPSA) is 58.6 Å². The summed E-state index contributed by atoms with van der Waals surface area (Å²) in [6.07, 6.45) is 2.06. The van der Waals surface area contributed by atoms with Crippen LogP contribution in [0.25, 0.3) is 0 Å². The number of likely N-dealkylation sites (tertiary alicyclic amines) is 1. The Hall–Kier alpha value is -2.04. The highest BCUT2D eigenvalue weighted by atomic mass is 16.5. The summed E-state index contributed by atoms with van der Waals surface area (Å²) in [5.74, 6) is 1.21. The van der Waals surface area contributed by atoms with Crippen molar-refractivity contribution in [3.05, 3.63) is 29.8 Å². The molecular formula is C19H28N2O3. The molecule has 5 nitrogen and oxygen atoms in total. The molecule has 0 radical (unpaired) electrons. The van der Waals surface area contributed by atoms with E-state index in [4.69, 9.17) is 4.74 Å². The van der Waals surface area contributed by atoms with E-state index < -0.39 is 6.04 Å². The molecule has 1 unspecified atom stereocenters. The highest BCUT2D eigenvalue weighted by Gasteiger charge is 2.30. The number of carbonyl (C=O) groups excluding carboxylic acids is 2. The van der Waals surface area contributed by atoms with Crippen LogP contribution in [0.15, 0.2) is 24.3 Å². The maximum atomic E-state index is 12.8. The van der Waals surface area contributed by atoms with Gasteiger partial charge in [0, 0.05) is 18.7 Å². The van der Waals surface area contributed by atoms with Gasteiger partial charge in [0.1, 0.15) is 11.8 Å². The molecule has 0 aliphatic carbocycles. The van der Waals surface area contributed by atoms with Crippen LogP contribution in [-0.2, 0) is 4.79 Å². The van der Waals surface area contributed by atoms with Gasteiger partial charge in [-0.2, -0.15) is 0 Å². The van der Waals surface area contributed by atoms with Crippen molar-refractivity contribution < 1.29 is 14.3 Å². The van der Waals surface area contributed by atoms with E-state index >= 15 is 0 Å². The normalized spacial score (nSPS) is 16.8. The van der Waals surface area contributed by atoms with Gasteiger partial charge in [-0.05, 0) is 48.9 Å². The van der Waals surface area contributed by atoms with Crippen molar-refractivity contribution in [2.75, 3.05) is 20.2 Å². The van der Waals surface area contributed by atoms with Crippen LogP contribution >= 0.6 is 0 Å². The van der Waals surface area contributed by atoms with E-state index in [1.165, 1.54) is 0 Å². The Morgan fingerprint density at radius 1 is 1.17 bits per heavy atom. The number of nitrogens with one attached hydrogen (secondary N) is 1. The highest BCUT2D eigenvalue weighted by Crippen LogP contribution is 2.18. The van der Waals surface area contributed by atoms with Crippen molar-refractivity contribution in [3.8, 4) is 5.75 Å². The predicted octanol–water partition coefficient (Wildman–Crippen LogP) is 2.71. The standard InChI is InChI=1S/C19H28N2O3/c1-13(2)17(19(23)21-11-9-14(3)10-12-21)20-18(22)15-5-7-16(24-4)8-6-15/h5-8,13-14,17H,9-12H2,1-4H3,(H,20,22). The summed E-state index contributed by atoms with van der Waals surface area (Å²) in [5.41, 5.74) is 0.529. The Labute approximate surface area is 144 Å². The Morgan fingerprint density at radius 2 is 1.75 bits per heavy atom. The lowest BCUT2D eigenvalue weighted by atomic mass is 9.96. The predicted molar refractivity (Wildman–Crippen MR) is 94.1 cm³/mol. The molecule has 1 atom stereocenters. The molecule has 1 aromatic rings. The van der Waals surface area contributed by atoms with Crippen LogP contribution in [-0.4, -0.2) is 43.0 Å². The number of benzene rings is 1. The first-order chi connectivity index (χ1) is 11.4. The summed E-state index contributed by atoms with van der Waals surface area (Å²) in [5, 5.41) is 2.91. The largest absolute Gasteiger partial charge is 0.497 e. The molecular weight excluding hydrogens is 304 g/mol. The van der Waals surface area contributed by atoms with E-state index in [1.54, 1.807) is 31.4 Å². The Morgan fingerprint density at radius 3 is 2.25 bits per heavy atom. The molecule has 1 heterocycles. The first-order valence-corrected chi connectivity index (χ1v) is 8.66. The van der Waals surface area contributed by atoms with Gasteiger partial charge in [0.2, 0.25) is 5.91 Å². The number of ether oxygens (including phenoxy) is 1. The molecule has 0 bridgehead atoms. The van der Waals surface area contributed by atoms with Gasteiger partial charge < -0.3 is 15.0 Å². The lowest BCUT2D eigenvalue weighted by molar-refractivity contribution is -0.135. The van der Waals surface area contributed by atoms with Crippen LogP contribution in [0.2, 0.25) is 0 Å². The van der Waals surface area contributed by atoms with E-state index in [9.17, 15) is 9.59 Å². The van der Waals surface area contributed by atoms with Gasteiger partial charge in [0.25, 0.3) is 5.91 Å². The number of nitrogens with zero attached hydrogens (tertiary/aromatic N) is 1. The van der Waals surface area contributed by atoms with Crippen LogP contribution in [0.3, 0.4) is 0 Å². The molecule has 2 amide bonds. The highest BCUT2D eigenvalue weighted by molar-refractivity contribution is 5.97. The van der Waals surface area contributed by atoms with Gasteiger partial charge in [0.15, 0.2) is 0 Å². The second-order valence-electron chi connectivity index (χ2n) is 6.93. The summed E-state index contributed by atoms with van der Waals surface area (Å²) >= 11 is 0. The number of rotatable bonds is 5. The molecule has 1 aliphatic heterocycles. The number of hydrogen-bond acceptors (Lipinski definition) is 3. The van der Waals surface area contributed by atoms with Gasteiger partial charge in [-0.15, -0.1) is 0 Å². The molecule has 1 fully saturated rings. The van der Waals surface area contributed by atoms with Crippen LogP contribution < -0.4 is 10.1 Å². The summed E-state index contributed by atoms with van der Waals surface area (Å²) in [6, 6.07) is 6.41. The monoisotopic (exact) mass is 332 g/mol. The summed E-state index contributed by atoms with van der Waals surface area (Å²) < 4.78 is 5.10. The summed E-state index contributed by atoms with van der Waals surface area (Å²) in [7, 11) is 1.59.